The zero-order valence-corrected chi connectivity index (χ0v) is 20.6. The first-order chi connectivity index (χ1) is 16.4. The summed E-state index contributed by atoms with van der Waals surface area (Å²) >= 11 is 12.3. The fourth-order valence-electron chi connectivity index (χ4n) is 4.53. The molecule has 2 aromatic carbocycles. The Morgan fingerprint density at radius 2 is 1.94 bits per heavy atom. The zero-order valence-electron chi connectivity index (χ0n) is 19.1. The Balaban J connectivity index is 1.31. The number of hydrogen-bond donors (Lipinski definition) is 0. The molecule has 0 aromatic heterocycles. The Hall–Kier alpha value is -2.33. The van der Waals surface area contributed by atoms with Gasteiger partial charge in [0.15, 0.2) is 0 Å². The number of benzene rings is 2. The number of hydrogen-bond acceptors (Lipinski definition) is 5. The van der Waals surface area contributed by atoms with E-state index >= 15 is 0 Å². The number of esters is 1. The molecule has 34 heavy (non-hydrogen) atoms. The van der Waals surface area contributed by atoms with Crippen molar-refractivity contribution in [1.82, 2.24) is 4.90 Å². The molecule has 2 aromatic rings. The van der Waals surface area contributed by atoms with E-state index in [1.165, 1.54) is 13.2 Å². The first-order valence-electron chi connectivity index (χ1n) is 11.5. The molecule has 0 bridgehead atoms. The predicted octanol–water partition coefficient (Wildman–Crippen LogP) is 6.00. The number of methoxy groups -OCH3 is 1. The van der Waals surface area contributed by atoms with Crippen molar-refractivity contribution in [2.24, 2.45) is 5.92 Å². The van der Waals surface area contributed by atoms with Crippen molar-refractivity contribution < 1.29 is 18.7 Å². The van der Waals surface area contributed by atoms with E-state index in [0.29, 0.717) is 45.9 Å². The van der Waals surface area contributed by atoms with E-state index < -0.39 is 11.8 Å². The molecule has 2 fully saturated rings. The molecule has 1 saturated carbocycles. The number of rotatable bonds is 8. The molecule has 0 unspecified atom stereocenters. The van der Waals surface area contributed by atoms with Crippen LogP contribution in [0.15, 0.2) is 24.3 Å². The van der Waals surface area contributed by atoms with Gasteiger partial charge in [0.05, 0.1) is 29.9 Å². The van der Waals surface area contributed by atoms with Crippen LogP contribution in [0.4, 0.5) is 4.39 Å². The number of piperidine rings is 1. The van der Waals surface area contributed by atoms with Gasteiger partial charge in [0.2, 0.25) is 0 Å². The highest BCUT2D eigenvalue weighted by molar-refractivity contribution is 6.35. The van der Waals surface area contributed by atoms with Gasteiger partial charge < -0.3 is 14.4 Å². The van der Waals surface area contributed by atoms with Crippen LogP contribution in [-0.2, 0) is 11.2 Å². The second-order valence-corrected chi connectivity index (χ2v) is 9.83. The second-order valence-electron chi connectivity index (χ2n) is 8.98. The molecule has 8 heteroatoms. The van der Waals surface area contributed by atoms with Crippen LogP contribution in [-0.4, -0.2) is 44.2 Å². The summed E-state index contributed by atoms with van der Waals surface area (Å²) in [6.45, 7) is 3.20. The number of nitriles is 1. The maximum atomic E-state index is 15.0. The lowest BCUT2D eigenvalue weighted by atomic mass is 9.97. The minimum absolute atomic E-state index is 0.0365. The quantitative estimate of drug-likeness (QED) is 0.412. The van der Waals surface area contributed by atoms with Crippen LogP contribution in [0.25, 0.3) is 0 Å². The zero-order chi connectivity index (χ0) is 24.2. The first-order valence-corrected chi connectivity index (χ1v) is 12.3. The van der Waals surface area contributed by atoms with Crippen molar-refractivity contribution in [3.8, 4) is 11.8 Å². The predicted molar refractivity (Wildman–Crippen MR) is 129 cm³/mol. The van der Waals surface area contributed by atoms with Gasteiger partial charge in [-0.25, -0.2) is 9.18 Å². The summed E-state index contributed by atoms with van der Waals surface area (Å²) in [7, 11) is 1.25. The SMILES string of the molecule is COC(=O)c1ccc(OCC2CCN(CCc3cc(Cl)cc(Cl)c3C#N)CC2)c(C2CC2)c1F. The molecule has 0 spiro atoms. The maximum absolute atomic E-state index is 15.0. The van der Waals surface area contributed by atoms with E-state index in [-0.39, 0.29) is 11.5 Å². The summed E-state index contributed by atoms with van der Waals surface area (Å²) in [4.78, 5) is 14.2. The molecule has 1 aliphatic carbocycles. The molecule has 1 aliphatic heterocycles. The summed E-state index contributed by atoms with van der Waals surface area (Å²) in [5.41, 5.74) is 1.83. The van der Waals surface area contributed by atoms with Gasteiger partial charge in [-0.3, -0.25) is 0 Å². The Labute approximate surface area is 209 Å². The van der Waals surface area contributed by atoms with Gasteiger partial charge >= 0.3 is 5.97 Å². The van der Waals surface area contributed by atoms with Crippen LogP contribution in [0.2, 0.25) is 10.0 Å². The number of nitrogens with zero attached hydrogens (tertiary/aromatic N) is 2. The van der Waals surface area contributed by atoms with Crippen molar-refractivity contribution in [3.05, 3.63) is 62.4 Å². The molecule has 180 valence electrons. The average molecular weight is 505 g/mol. The molecule has 4 rings (SSSR count). The normalized spacial score (nSPS) is 16.8. The summed E-state index contributed by atoms with van der Waals surface area (Å²) < 4.78 is 25.8. The summed E-state index contributed by atoms with van der Waals surface area (Å²) in [6.07, 6.45) is 4.47. The third-order valence-electron chi connectivity index (χ3n) is 6.66. The van der Waals surface area contributed by atoms with Crippen LogP contribution in [0.5, 0.6) is 5.75 Å². The van der Waals surface area contributed by atoms with Gasteiger partial charge in [-0.2, -0.15) is 5.26 Å². The minimum atomic E-state index is -0.666. The summed E-state index contributed by atoms with van der Waals surface area (Å²) in [5, 5.41) is 10.3. The van der Waals surface area contributed by atoms with Crippen molar-refractivity contribution in [3.63, 3.8) is 0 Å². The summed E-state index contributed by atoms with van der Waals surface area (Å²) in [6, 6.07) is 8.73. The van der Waals surface area contributed by atoms with E-state index in [4.69, 9.17) is 32.7 Å². The molecule has 2 aliphatic rings. The topological polar surface area (TPSA) is 62.6 Å². The van der Waals surface area contributed by atoms with Crippen LogP contribution >= 0.6 is 23.2 Å². The number of carbonyl (C=O) groups excluding carboxylic acids is 1. The Kier molecular flexibility index (Phi) is 7.98. The van der Waals surface area contributed by atoms with Crippen molar-refractivity contribution >= 4 is 29.2 Å². The molecule has 1 saturated heterocycles. The highest BCUT2D eigenvalue weighted by Gasteiger charge is 2.33. The average Bonchev–Trinajstić information content (AvgIpc) is 3.66. The molecule has 0 N–H and O–H groups in total. The smallest absolute Gasteiger partial charge is 0.340 e. The molecule has 0 amide bonds. The maximum Gasteiger partial charge on any atom is 0.340 e. The third-order valence-corrected chi connectivity index (χ3v) is 7.17. The van der Waals surface area contributed by atoms with Crippen molar-refractivity contribution in [2.75, 3.05) is 33.4 Å². The van der Waals surface area contributed by atoms with Crippen LogP contribution in [0.3, 0.4) is 0 Å². The Morgan fingerprint density at radius 1 is 1.21 bits per heavy atom. The highest BCUT2D eigenvalue weighted by atomic mass is 35.5. The van der Waals surface area contributed by atoms with E-state index in [0.717, 1.165) is 50.9 Å². The minimum Gasteiger partial charge on any atom is -0.493 e. The standard InChI is InChI=1S/C26H27Cl2FN2O3/c1-33-26(32)20-4-5-23(24(25(20)29)17-2-3-17)34-15-16-6-9-31(10-7-16)11-8-18-12-19(27)13-22(28)21(18)14-30/h4-5,12-13,16-17H,2-3,6-11,15H2,1H3. The van der Waals surface area contributed by atoms with Crippen molar-refractivity contribution in [2.45, 2.75) is 38.0 Å². The first kappa shape index (κ1) is 24.8. The van der Waals surface area contributed by atoms with Gasteiger partial charge in [-0.1, -0.05) is 23.2 Å². The second kappa shape index (κ2) is 10.9. The van der Waals surface area contributed by atoms with E-state index in [1.54, 1.807) is 12.1 Å². The number of likely N-dealkylation sites (tertiary alicyclic amines) is 1. The lowest BCUT2D eigenvalue weighted by Crippen LogP contribution is -2.36. The van der Waals surface area contributed by atoms with E-state index in [2.05, 4.69) is 11.0 Å². The monoisotopic (exact) mass is 504 g/mol. The van der Waals surface area contributed by atoms with Crippen LogP contribution in [0, 0.1) is 23.1 Å². The van der Waals surface area contributed by atoms with Gasteiger partial charge in [0.25, 0.3) is 0 Å². The molecule has 1 heterocycles. The fraction of sp³-hybridized carbons (Fsp3) is 0.462. The number of halogens is 3. The van der Waals surface area contributed by atoms with Crippen LogP contribution < -0.4 is 4.74 Å². The lowest BCUT2D eigenvalue weighted by molar-refractivity contribution is 0.0595. The third kappa shape index (κ3) is 5.66. The van der Waals surface area contributed by atoms with Crippen LogP contribution in [0.1, 0.15) is 58.6 Å². The van der Waals surface area contributed by atoms with E-state index in [1.807, 2.05) is 6.07 Å². The molecular formula is C26H27Cl2FN2O3. The largest absolute Gasteiger partial charge is 0.493 e. The highest BCUT2D eigenvalue weighted by Crippen LogP contribution is 2.46. The van der Waals surface area contributed by atoms with Gasteiger partial charge in [0, 0.05) is 17.1 Å². The summed E-state index contributed by atoms with van der Waals surface area (Å²) in [5.74, 6) is -0.154. The van der Waals surface area contributed by atoms with Gasteiger partial charge in [-0.05, 0) is 86.9 Å². The van der Waals surface area contributed by atoms with Gasteiger partial charge in [0.1, 0.15) is 17.6 Å². The molecule has 0 atom stereocenters. The van der Waals surface area contributed by atoms with Gasteiger partial charge in [-0.15, -0.1) is 0 Å². The Morgan fingerprint density at radius 3 is 2.59 bits per heavy atom. The molecular weight excluding hydrogens is 478 g/mol. The number of ether oxygens (including phenoxy) is 2. The Bertz CT molecular complexity index is 1110. The van der Waals surface area contributed by atoms with Crippen molar-refractivity contribution in [1.29, 1.82) is 5.26 Å². The number of carbonyl (C=O) groups is 1. The van der Waals surface area contributed by atoms with E-state index in [9.17, 15) is 14.4 Å². The molecule has 0 radical (unpaired) electrons. The lowest BCUT2D eigenvalue weighted by Gasteiger charge is -2.32. The fourth-order valence-corrected chi connectivity index (χ4v) is 5.11. The molecule has 5 nitrogen and oxygen atoms in total.